The number of benzene rings is 1. The van der Waals surface area contributed by atoms with Crippen LogP contribution in [0, 0.1) is 0 Å². The number of hydrogen-bond acceptors (Lipinski definition) is 3. The van der Waals surface area contributed by atoms with Crippen molar-refractivity contribution >= 4 is 11.6 Å². The standard InChI is InChI=1S/C15H13N3O/c19-15-9-8-14(17-18-15)12-6-2-1-5-11(12)13-7-3-4-10-16-13/h1-7,10H,8-9H2,(H,18,19). The highest BCUT2D eigenvalue weighted by Crippen LogP contribution is 2.24. The lowest BCUT2D eigenvalue weighted by molar-refractivity contribution is -0.121. The number of nitrogens with one attached hydrogen (secondary N) is 1. The van der Waals surface area contributed by atoms with Crippen LogP contribution in [-0.4, -0.2) is 16.6 Å². The number of hydrogen-bond donors (Lipinski definition) is 1. The van der Waals surface area contributed by atoms with Crippen LogP contribution in [0.2, 0.25) is 0 Å². The van der Waals surface area contributed by atoms with Crippen molar-refractivity contribution in [2.24, 2.45) is 5.10 Å². The van der Waals surface area contributed by atoms with Crippen LogP contribution >= 0.6 is 0 Å². The molecule has 0 unspecified atom stereocenters. The molecule has 0 fully saturated rings. The zero-order valence-electron chi connectivity index (χ0n) is 10.3. The van der Waals surface area contributed by atoms with Crippen molar-refractivity contribution in [3.05, 3.63) is 54.2 Å². The lowest BCUT2D eigenvalue weighted by Crippen LogP contribution is -2.26. The number of carbonyl (C=O) groups excluding carboxylic acids is 1. The third-order valence-corrected chi connectivity index (χ3v) is 3.08. The Kier molecular flexibility index (Phi) is 3.06. The third kappa shape index (κ3) is 2.38. The maximum atomic E-state index is 11.2. The quantitative estimate of drug-likeness (QED) is 0.890. The second-order valence-electron chi connectivity index (χ2n) is 4.35. The van der Waals surface area contributed by atoms with Gasteiger partial charge in [0.2, 0.25) is 5.91 Å². The van der Waals surface area contributed by atoms with Crippen molar-refractivity contribution in [3.63, 3.8) is 0 Å². The Morgan fingerprint density at radius 1 is 0.947 bits per heavy atom. The summed E-state index contributed by atoms with van der Waals surface area (Å²) in [6, 6.07) is 13.8. The molecule has 0 saturated carbocycles. The van der Waals surface area contributed by atoms with E-state index in [-0.39, 0.29) is 5.91 Å². The molecule has 0 saturated heterocycles. The zero-order valence-corrected chi connectivity index (χ0v) is 10.3. The highest BCUT2D eigenvalue weighted by molar-refractivity contribution is 6.08. The number of hydrazone groups is 1. The van der Waals surface area contributed by atoms with Gasteiger partial charge in [-0.15, -0.1) is 0 Å². The van der Waals surface area contributed by atoms with E-state index in [1.165, 1.54) is 0 Å². The van der Waals surface area contributed by atoms with Crippen LogP contribution < -0.4 is 5.43 Å². The Labute approximate surface area is 111 Å². The lowest BCUT2D eigenvalue weighted by Gasteiger charge is -2.15. The van der Waals surface area contributed by atoms with Crippen molar-refractivity contribution in [1.29, 1.82) is 0 Å². The van der Waals surface area contributed by atoms with Gasteiger partial charge in [0.25, 0.3) is 0 Å². The minimum absolute atomic E-state index is 0.0286. The van der Waals surface area contributed by atoms with E-state index in [0.29, 0.717) is 12.8 Å². The van der Waals surface area contributed by atoms with Crippen LogP contribution in [0.3, 0.4) is 0 Å². The molecule has 4 nitrogen and oxygen atoms in total. The van der Waals surface area contributed by atoms with Crippen molar-refractivity contribution < 1.29 is 4.79 Å². The maximum Gasteiger partial charge on any atom is 0.240 e. The number of aromatic nitrogens is 1. The molecule has 4 heteroatoms. The fourth-order valence-electron chi connectivity index (χ4n) is 2.15. The SMILES string of the molecule is O=C1CCC(c2ccccc2-c2ccccn2)=NN1. The Morgan fingerprint density at radius 3 is 2.42 bits per heavy atom. The van der Waals surface area contributed by atoms with E-state index >= 15 is 0 Å². The molecule has 19 heavy (non-hydrogen) atoms. The Bertz CT molecular complexity index is 635. The predicted octanol–water partition coefficient (Wildman–Crippen LogP) is 2.36. The van der Waals surface area contributed by atoms with Gasteiger partial charge in [-0.05, 0) is 12.1 Å². The number of pyridine rings is 1. The molecule has 1 amide bonds. The summed E-state index contributed by atoms with van der Waals surface area (Å²) >= 11 is 0. The van der Waals surface area contributed by atoms with Crippen LogP contribution in [-0.2, 0) is 4.79 Å². The molecular formula is C15H13N3O. The summed E-state index contributed by atoms with van der Waals surface area (Å²) < 4.78 is 0. The number of rotatable bonds is 2. The molecular weight excluding hydrogens is 238 g/mol. The van der Waals surface area contributed by atoms with Crippen LogP contribution in [0.5, 0.6) is 0 Å². The normalized spacial score (nSPS) is 14.7. The molecule has 1 aromatic heterocycles. The molecule has 2 heterocycles. The van der Waals surface area contributed by atoms with Crippen molar-refractivity contribution in [1.82, 2.24) is 10.4 Å². The molecule has 3 rings (SSSR count). The average molecular weight is 251 g/mol. The molecule has 0 spiro atoms. The first-order chi connectivity index (χ1) is 9.34. The first-order valence-corrected chi connectivity index (χ1v) is 6.21. The Hall–Kier alpha value is -2.49. The minimum Gasteiger partial charge on any atom is -0.273 e. The molecule has 0 atom stereocenters. The molecule has 1 aliphatic rings. The fourth-order valence-corrected chi connectivity index (χ4v) is 2.15. The Balaban J connectivity index is 2.06. The van der Waals surface area contributed by atoms with E-state index in [2.05, 4.69) is 15.5 Å². The van der Waals surface area contributed by atoms with Crippen LogP contribution in [0.25, 0.3) is 11.3 Å². The molecule has 2 aromatic rings. The first kappa shape index (κ1) is 11.6. The van der Waals surface area contributed by atoms with E-state index in [1.54, 1.807) is 6.20 Å². The molecule has 0 bridgehead atoms. The summed E-state index contributed by atoms with van der Waals surface area (Å²) in [6.07, 6.45) is 2.92. The van der Waals surface area contributed by atoms with Gasteiger partial charge >= 0.3 is 0 Å². The predicted molar refractivity (Wildman–Crippen MR) is 73.6 cm³/mol. The lowest BCUT2D eigenvalue weighted by atomic mass is 9.97. The highest BCUT2D eigenvalue weighted by Gasteiger charge is 2.16. The van der Waals surface area contributed by atoms with Gasteiger partial charge in [-0.3, -0.25) is 9.78 Å². The minimum atomic E-state index is -0.0286. The van der Waals surface area contributed by atoms with Gasteiger partial charge in [-0.2, -0.15) is 5.10 Å². The number of amides is 1. The molecule has 0 aliphatic carbocycles. The van der Waals surface area contributed by atoms with Crippen LogP contribution in [0.15, 0.2) is 53.8 Å². The van der Waals surface area contributed by atoms with Crippen molar-refractivity contribution in [3.8, 4) is 11.3 Å². The van der Waals surface area contributed by atoms with Crippen molar-refractivity contribution in [2.45, 2.75) is 12.8 Å². The van der Waals surface area contributed by atoms with Gasteiger partial charge in [-0.1, -0.05) is 30.3 Å². The second-order valence-corrected chi connectivity index (χ2v) is 4.35. The number of carbonyl (C=O) groups is 1. The number of nitrogens with zero attached hydrogens (tertiary/aromatic N) is 2. The maximum absolute atomic E-state index is 11.2. The topological polar surface area (TPSA) is 54.4 Å². The van der Waals surface area contributed by atoms with Crippen LogP contribution in [0.1, 0.15) is 18.4 Å². The summed E-state index contributed by atoms with van der Waals surface area (Å²) in [6.45, 7) is 0. The second kappa shape index (κ2) is 5.02. The molecule has 94 valence electrons. The smallest absolute Gasteiger partial charge is 0.240 e. The summed E-state index contributed by atoms with van der Waals surface area (Å²) in [5, 5.41) is 4.16. The average Bonchev–Trinajstić information content (AvgIpc) is 2.49. The zero-order chi connectivity index (χ0) is 13.1. The van der Waals surface area contributed by atoms with Gasteiger partial charge in [0, 0.05) is 30.2 Å². The monoisotopic (exact) mass is 251 g/mol. The van der Waals surface area contributed by atoms with E-state index in [1.807, 2.05) is 42.5 Å². The largest absolute Gasteiger partial charge is 0.273 e. The summed E-state index contributed by atoms with van der Waals surface area (Å²) in [5.74, 6) is -0.0286. The van der Waals surface area contributed by atoms with Gasteiger partial charge in [-0.25, -0.2) is 5.43 Å². The summed E-state index contributed by atoms with van der Waals surface area (Å²) in [7, 11) is 0. The summed E-state index contributed by atoms with van der Waals surface area (Å²) in [5.41, 5.74) is 6.42. The van der Waals surface area contributed by atoms with Gasteiger partial charge < -0.3 is 0 Å². The van der Waals surface area contributed by atoms with Gasteiger partial charge in [0.15, 0.2) is 0 Å². The molecule has 1 aliphatic heterocycles. The third-order valence-electron chi connectivity index (χ3n) is 3.08. The summed E-state index contributed by atoms with van der Waals surface area (Å²) in [4.78, 5) is 15.5. The van der Waals surface area contributed by atoms with E-state index in [4.69, 9.17) is 0 Å². The van der Waals surface area contributed by atoms with Crippen molar-refractivity contribution in [2.75, 3.05) is 0 Å². The van der Waals surface area contributed by atoms with E-state index < -0.39 is 0 Å². The van der Waals surface area contributed by atoms with Gasteiger partial charge in [0.05, 0.1) is 11.4 Å². The first-order valence-electron chi connectivity index (χ1n) is 6.21. The molecule has 1 aromatic carbocycles. The molecule has 1 N–H and O–H groups in total. The van der Waals surface area contributed by atoms with E-state index in [9.17, 15) is 4.79 Å². The van der Waals surface area contributed by atoms with Crippen LogP contribution in [0.4, 0.5) is 0 Å². The van der Waals surface area contributed by atoms with E-state index in [0.717, 1.165) is 22.5 Å². The molecule has 0 radical (unpaired) electrons. The fraction of sp³-hybridized carbons (Fsp3) is 0.133. The highest BCUT2D eigenvalue weighted by atomic mass is 16.2. The Morgan fingerprint density at radius 2 is 1.74 bits per heavy atom. The van der Waals surface area contributed by atoms with Gasteiger partial charge in [0.1, 0.15) is 0 Å².